The van der Waals surface area contributed by atoms with E-state index in [1.165, 1.54) is 6.92 Å². The van der Waals surface area contributed by atoms with Gasteiger partial charge in [-0.25, -0.2) is 0 Å². The summed E-state index contributed by atoms with van der Waals surface area (Å²) in [5.74, 6) is -1.27. The standard InChI is InChI=1S/C10H17NO4/c1-7(10(13)14)11-9(12)6-8-4-2-3-5-15-8/h7-8H,2-6H2,1H3,(H,11,12)(H,13,14)/t7-,8?/m0/s1. The fourth-order valence-electron chi connectivity index (χ4n) is 1.54. The number of carbonyl (C=O) groups is 2. The van der Waals surface area contributed by atoms with Crippen LogP contribution in [0.3, 0.4) is 0 Å². The highest BCUT2D eigenvalue weighted by molar-refractivity contribution is 5.83. The van der Waals surface area contributed by atoms with Crippen molar-refractivity contribution in [2.24, 2.45) is 0 Å². The summed E-state index contributed by atoms with van der Waals surface area (Å²) in [5, 5.41) is 11.0. The van der Waals surface area contributed by atoms with Crippen molar-refractivity contribution in [3.63, 3.8) is 0 Å². The summed E-state index contributed by atoms with van der Waals surface area (Å²) >= 11 is 0. The van der Waals surface area contributed by atoms with Crippen molar-refractivity contribution < 1.29 is 19.4 Å². The number of carbonyl (C=O) groups excluding carboxylic acids is 1. The summed E-state index contributed by atoms with van der Waals surface area (Å²) in [6, 6.07) is -0.832. The molecule has 1 saturated heterocycles. The lowest BCUT2D eigenvalue weighted by atomic mass is 10.1. The fraction of sp³-hybridized carbons (Fsp3) is 0.800. The van der Waals surface area contributed by atoms with E-state index in [0.29, 0.717) is 6.61 Å². The Bertz CT molecular complexity index is 236. The molecule has 0 radical (unpaired) electrons. The normalized spacial score (nSPS) is 23.1. The van der Waals surface area contributed by atoms with Crippen molar-refractivity contribution in [3.05, 3.63) is 0 Å². The minimum atomic E-state index is -1.02. The maximum absolute atomic E-state index is 11.4. The summed E-state index contributed by atoms with van der Waals surface area (Å²) < 4.78 is 5.38. The number of nitrogens with one attached hydrogen (secondary N) is 1. The molecule has 1 aliphatic heterocycles. The van der Waals surface area contributed by atoms with Crippen molar-refractivity contribution in [2.75, 3.05) is 6.61 Å². The number of aliphatic carboxylic acids is 1. The van der Waals surface area contributed by atoms with Crippen LogP contribution in [-0.4, -0.2) is 35.7 Å². The van der Waals surface area contributed by atoms with Crippen LogP contribution in [0.5, 0.6) is 0 Å². The van der Waals surface area contributed by atoms with Gasteiger partial charge in [0.05, 0.1) is 12.5 Å². The number of amides is 1. The average Bonchev–Trinajstić information content (AvgIpc) is 2.18. The topological polar surface area (TPSA) is 75.6 Å². The molecular formula is C10H17NO4. The maximum atomic E-state index is 11.4. The molecule has 0 bridgehead atoms. The lowest BCUT2D eigenvalue weighted by Gasteiger charge is -2.22. The zero-order valence-corrected chi connectivity index (χ0v) is 8.86. The molecule has 15 heavy (non-hydrogen) atoms. The first-order valence-corrected chi connectivity index (χ1v) is 5.23. The van der Waals surface area contributed by atoms with E-state index in [1.54, 1.807) is 0 Å². The lowest BCUT2D eigenvalue weighted by molar-refractivity contribution is -0.141. The second kappa shape index (κ2) is 5.70. The first-order valence-electron chi connectivity index (χ1n) is 5.23. The fourth-order valence-corrected chi connectivity index (χ4v) is 1.54. The van der Waals surface area contributed by atoms with Gasteiger partial charge in [0.15, 0.2) is 0 Å². The number of hydrogen-bond donors (Lipinski definition) is 2. The first kappa shape index (κ1) is 12.0. The zero-order chi connectivity index (χ0) is 11.3. The predicted molar refractivity (Wildman–Crippen MR) is 53.4 cm³/mol. The third-order valence-electron chi connectivity index (χ3n) is 2.43. The van der Waals surface area contributed by atoms with Gasteiger partial charge in [0.25, 0.3) is 0 Å². The summed E-state index contributed by atoms with van der Waals surface area (Å²) in [4.78, 5) is 21.9. The molecular weight excluding hydrogens is 198 g/mol. The van der Waals surface area contributed by atoms with Gasteiger partial charge in [0.1, 0.15) is 6.04 Å². The molecule has 1 amide bonds. The van der Waals surface area contributed by atoms with Crippen LogP contribution in [0.25, 0.3) is 0 Å². The third kappa shape index (κ3) is 4.29. The van der Waals surface area contributed by atoms with Crippen LogP contribution < -0.4 is 5.32 Å². The van der Waals surface area contributed by atoms with E-state index in [9.17, 15) is 9.59 Å². The van der Waals surface area contributed by atoms with Gasteiger partial charge in [0, 0.05) is 6.61 Å². The SMILES string of the molecule is C[C@H](NC(=O)CC1CCCCO1)C(=O)O. The third-order valence-corrected chi connectivity index (χ3v) is 2.43. The summed E-state index contributed by atoms with van der Waals surface area (Å²) in [6.45, 7) is 2.15. The van der Waals surface area contributed by atoms with E-state index in [4.69, 9.17) is 9.84 Å². The Morgan fingerprint density at radius 2 is 2.27 bits per heavy atom. The molecule has 1 unspecified atom stereocenters. The number of carboxylic acids is 1. The molecule has 0 saturated carbocycles. The summed E-state index contributed by atoms with van der Waals surface area (Å²) in [7, 11) is 0. The van der Waals surface area contributed by atoms with Crippen molar-refractivity contribution in [2.45, 2.75) is 44.8 Å². The van der Waals surface area contributed by atoms with Crippen LogP contribution in [0, 0.1) is 0 Å². The van der Waals surface area contributed by atoms with Crippen LogP contribution in [0.1, 0.15) is 32.6 Å². The number of carboxylic acid groups (broad SMARTS) is 1. The van der Waals surface area contributed by atoms with Crippen molar-refractivity contribution in [3.8, 4) is 0 Å². The molecule has 86 valence electrons. The van der Waals surface area contributed by atoms with Gasteiger partial charge in [-0.1, -0.05) is 0 Å². The van der Waals surface area contributed by atoms with Crippen LogP contribution in [0.4, 0.5) is 0 Å². The number of ether oxygens (including phenoxy) is 1. The molecule has 2 atom stereocenters. The molecule has 0 aromatic heterocycles. The van der Waals surface area contributed by atoms with Gasteiger partial charge in [-0.2, -0.15) is 0 Å². The van der Waals surface area contributed by atoms with E-state index in [2.05, 4.69) is 5.32 Å². The Balaban J connectivity index is 2.25. The Kier molecular flexibility index (Phi) is 4.55. The highest BCUT2D eigenvalue weighted by atomic mass is 16.5. The molecule has 0 spiro atoms. The van der Waals surface area contributed by atoms with E-state index in [0.717, 1.165) is 19.3 Å². The van der Waals surface area contributed by atoms with E-state index in [-0.39, 0.29) is 18.4 Å². The Morgan fingerprint density at radius 1 is 1.53 bits per heavy atom. The zero-order valence-electron chi connectivity index (χ0n) is 8.86. The van der Waals surface area contributed by atoms with Crippen LogP contribution in [0.15, 0.2) is 0 Å². The van der Waals surface area contributed by atoms with Crippen molar-refractivity contribution in [1.82, 2.24) is 5.32 Å². The largest absolute Gasteiger partial charge is 0.480 e. The highest BCUT2D eigenvalue weighted by Gasteiger charge is 2.20. The Hall–Kier alpha value is -1.10. The summed E-state index contributed by atoms with van der Waals surface area (Å²) in [6.07, 6.45) is 3.22. The predicted octanol–water partition coefficient (Wildman–Crippen LogP) is 0.535. The quantitative estimate of drug-likeness (QED) is 0.717. The van der Waals surface area contributed by atoms with Crippen LogP contribution in [0.2, 0.25) is 0 Å². The average molecular weight is 215 g/mol. The molecule has 2 N–H and O–H groups in total. The van der Waals surface area contributed by atoms with E-state index >= 15 is 0 Å². The molecule has 1 rings (SSSR count). The molecule has 0 aromatic rings. The maximum Gasteiger partial charge on any atom is 0.325 e. The van der Waals surface area contributed by atoms with E-state index in [1.807, 2.05) is 0 Å². The minimum Gasteiger partial charge on any atom is -0.480 e. The second-order valence-electron chi connectivity index (χ2n) is 3.82. The van der Waals surface area contributed by atoms with E-state index < -0.39 is 12.0 Å². The Morgan fingerprint density at radius 3 is 2.80 bits per heavy atom. The van der Waals surface area contributed by atoms with Crippen LogP contribution >= 0.6 is 0 Å². The molecule has 1 fully saturated rings. The smallest absolute Gasteiger partial charge is 0.325 e. The van der Waals surface area contributed by atoms with Crippen LogP contribution in [-0.2, 0) is 14.3 Å². The van der Waals surface area contributed by atoms with Crippen molar-refractivity contribution >= 4 is 11.9 Å². The second-order valence-corrected chi connectivity index (χ2v) is 3.82. The van der Waals surface area contributed by atoms with Gasteiger partial charge in [-0.15, -0.1) is 0 Å². The van der Waals surface area contributed by atoms with Gasteiger partial charge in [-0.05, 0) is 26.2 Å². The van der Waals surface area contributed by atoms with Gasteiger partial charge in [0.2, 0.25) is 5.91 Å². The molecule has 0 aliphatic carbocycles. The monoisotopic (exact) mass is 215 g/mol. The summed E-state index contributed by atoms with van der Waals surface area (Å²) in [5.41, 5.74) is 0. The van der Waals surface area contributed by atoms with Gasteiger partial charge >= 0.3 is 5.97 Å². The molecule has 5 nitrogen and oxygen atoms in total. The molecule has 1 heterocycles. The molecule has 1 aliphatic rings. The van der Waals surface area contributed by atoms with Gasteiger partial charge in [-0.3, -0.25) is 9.59 Å². The molecule has 5 heteroatoms. The van der Waals surface area contributed by atoms with Gasteiger partial charge < -0.3 is 15.2 Å². The molecule has 0 aromatic carbocycles. The Labute approximate surface area is 88.8 Å². The number of hydrogen-bond acceptors (Lipinski definition) is 3. The highest BCUT2D eigenvalue weighted by Crippen LogP contribution is 2.15. The first-order chi connectivity index (χ1) is 7.09. The number of rotatable bonds is 4. The van der Waals surface area contributed by atoms with Crippen molar-refractivity contribution in [1.29, 1.82) is 0 Å². The lowest BCUT2D eigenvalue weighted by Crippen LogP contribution is -2.40. The minimum absolute atomic E-state index is 0.0419.